The van der Waals surface area contributed by atoms with Crippen LogP contribution in [0.15, 0.2) is 48.8 Å². The Morgan fingerprint density at radius 3 is 2.77 bits per heavy atom. The molecule has 1 N–H and O–H groups in total. The number of hydrogen-bond acceptors (Lipinski definition) is 7. The molecule has 5 rings (SSSR count). The van der Waals surface area contributed by atoms with Gasteiger partial charge >= 0.3 is 0 Å². The molecule has 11 heteroatoms. The minimum Gasteiger partial charge on any atom is -0.494 e. The van der Waals surface area contributed by atoms with Gasteiger partial charge in [0.05, 0.1) is 31.5 Å². The molecule has 2 aromatic carbocycles. The summed E-state index contributed by atoms with van der Waals surface area (Å²) in [5.74, 6) is -1.01. The number of nitrogens with zero attached hydrogens (tertiary/aromatic N) is 6. The van der Waals surface area contributed by atoms with Gasteiger partial charge in [0, 0.05) is 44.7 Å². The molecule has 40 heavy (non-hydrogen) atoms. The van der Waals surface area contributed by atoms with E-state index >= 15 is 4.39 Å². The van der Waals surface area contributed by atoms with E-state index in [-0.39, 0.29) is 30.2 Å². The summed E-state index contributed by atoms with van der Waals surface area (Å²) in [7, 11) is 5.03. The molecule has 0 bridgehead atoms. The van der Waals surface area contributed by atoms with Crippen LogP contribution in [0.4, 0.5) is 4.39 Å². The highest BCUT2D eigenvalue weighted by molar-refractivity contribution is 5.95. The van der Waals surface area contributed by atoms with Gasteiger partial charge in [0.15, 0.2) is 17.3 Å². The van der Waals surface area contributed by atoms with Gasteiger partial charge < -0.3 is 19.7 Å². The molecular formula is C29H30FN7O3. The Kier molecular flexibility index (Phi) is 7.91. The van der Waals surface area contributed by atoms with Crippen molar-refractivity contribution in [2.45, 2.75) is 32.7 Å². The normalized spacial score (nSPS) is 13.1. The number of ether oxygens (including phenoxy) is 2. The van der Waals surface area contributed by atoms with Gasteiger partial charge in [-0.15, -0.1) is 0 Å². The van der Waals surface area contributed by atoms with Crippen LogP contribution in [-0.2, 0) is 37.4 Å². The van der Waals surface area contributed by atoms with Crippen LogP contribution < -0.4 is 10.1 Å². The van der Waals surface area contributed by atoms with Crippen LogP contribution in [-0.4, -0.2) is 58.2 Å². The molecule has 0 aliphatic carbocycles. The Labute approximate surface area is 231 Å². The number of hydrogen-bond donors (Lipinski definition) is 1. The molecule has 1 amide bonds. The monoisotopic (exact) mass is 543 g/mol. The number of nitrogens with one attached hydrogen (secondary N) is 1. The van der Waals surface area contributed by atoms with Crippen LogP contribution in [0.1, 0.15) is 44.0 Å². The highest BCUT2D eigenvalue weighted by Crippen LogP contribution is 2.27. The number of methoxy groups -OCH3 is 2. The van der Waals surface area contributed by atoms with E-state index in [0.717, 1.165) is 25.1 Å². The van der Waals surface area contributed by atoms with Crippen molar-refractivity contribution in [3.8, 4) is 17.5 Å². The number of aromatic nitrogens is 4. The molecule has 0 fully saturated rings. The number of nitriles is 1. The number of fused-ring (bicyclic) bond motifs is 1. The van der Waals surface area contributed by atoms with Gasteiger partial charge in [-0.05, 0) is 48.4 Å². The summed E-state index contributed by atoms with van der Waals surface area (Å²) in [6.45, 7) is 2.47. The molecule has 3 heterocycles. The van der Waals surface area contributed by atoms with E-state index in [0.29, 0.717) is 23.5 Å². The van der Waals surface area contributed by atoms with E-state index in [1.165, 1.54) is 35.1 Å². The number of benzene rings is 2. The minimum atomic E-state index is -0.624. The second-order valence-corrected chi connectivity index (χ2v) is 9.73. The molecule has 0 saturated carbocycles. The maximum Gasteiger partial charge on any atom is 0.255 e. The Balaban J connectivity index is 1.37. The van der Waals surface area contributed by atoms with Gasteiger partial charge in [-0.3, -0.25) is 9.48 Å². The zero-order valence-electron chi connectivity index (χ0n) is 22.6. The number of carbonyl (C=O) groups is 1. The molecule has 10 nitrogen and oxygen atoms in total. The second-order valence-electron chi connectivity index (χ2n) is 9.73. The minimum absolute atomic E-state index is 0.0326. The van der Waals surface area contributed by atoms with E-state index in [9.17, 15) is 4.79 Å². The van der Waals surface area contributed by atoms with E-state index in [4.69, 9.17) is 14.7 Å². The summed E-state index contributed by atoms with van der Waals surface area (Å²) in [6, 6.07) is 13.0. The zero-order chi connectivity index (χ0) is 28.2. The fraction of sp³-hybridized carbons (Fsp3) is 0.310. The van der Waals surface area contributed by atoms with Gasteiger partial charge in [0.25, 0.3) is 5.91 Å². The van der Waals surface area contributed by atoms with Crippen molar-refractivity contribution in [3.63, 3.8) is 0 Å². The third-order valence-corrected chi connectivity index (χ3v) is 6.96. The molecule has 0 radical (unpaired) electrons. The second kappa shape index (κ2) is 11.7. The number of amides is 1. The Morgan fingerprint density at radius 1 is 1.18 bits per heavy atom. The highest BCUT2D eigenvalue weighted by Gasteiger charge is 2.21. The fourth-order valence-electron chi connectivity index (χ4n) is 4.92. The number of carbonyl (C=O) groups excluding carboxylic acids is 1. The molecular weight excluding hydrogens is 513 g/mol. The van der Waals surface area contributed by atoms with Crippen molar-refractivity contribution in [2.24, 2.45) is 0 Å². The van der Waals surface area contributed by atoms with E-state index in [2.05, 4.69) is 45.7 Å². The topological polar surface area (TPSA) is 110 Å². The number of likely N-dealkylation sites (N-methyl/N-ethyl adjacent to an activating group) is 1. The van der Waals surface area contributed by atoms with Crippen molar-refractivity contribution >= 4 is 5.91 Å². The van der Waals surface area contributed by atoms with Crippen LogP contribution in [0.25, 0.3) is 5.69 Å². The Bertz CT molecular complexity index is 1590. The summed E-state index contributed by atoms with van der Waals surface area (Å²) in [5, 5.41) is 20.7. The number of halogens is 1. The first kappa shape index (κ1) is 27.1. The largest absolute Gasteiger partial charge is 0.494 e. The lowest BCUT2D eigenvalue weighted by Gasteiger charge is -2.25. The fourth-order valence-corrected chi connectivity index (χ4v) is 4.92. The molecule has 0 saturated heterocycles. The van der Waals surface area contributed by atoms with Crippen LogP contribution >= 0.6 is 0 Å². The number of rotatable bonds is 9. The summed E-state index contributed by atoms with van der Waals surface area (Å²) >= 11 is 0. The highest BCUT2D eigenvalue weighted by atomic mass is 19.1. The van der Waals surface area contributed by atoms with Gasteiger partial charge in [-0.25, -0.2) is 9.07 Å². The molecule has 1 aliphatic rings. The lowest BCUT2D eigenvalue weighted by atomic mass is 9.97. The van der Waals surface area contributed by atoms with Gasteiger partial charge in [-0.2, -0.15) is 15.5 Å². The first-order chi connectivity index (χ1) is 19.4. The Hall–Kier alpha value is -4.53. The van der Waals surface area contributed by atoms with Crippen molar-refractivity contribution in [1.29, 1.82) is 5.26 Å². The van der Waals surface area contributed by atoms with Crippen LogP contribution in [0.3, 0.4) is 0 Å². The predicted molar refractivity (Wildman–Crippen MR) is 144 cm³/mol. The quantitative estimate of drug-likeness (QED) is 0.345. The lowest BCUT2D eigenvalue weighted by molar-refractivity contribution is 0.0945. The van der Waals surface area contributed by atoms with E-state index < -0.39 is 11.7 Å². The summed E-state index contributed by atoms with van der Waals surface area (Å²) in [6.07, 6.45) is 4.25. The SMILES string of the molecule is COCc1nn(Cc2ccc3c(c2)CCN(C)C3)cc1C(=O)NCc1c(-n2ccc(C#N)n2)ccc(OC)c1F. The van der Waals surface area contributed by atoms with E-state index in [1.54, 1.807) is 30.3 Å². The molecule has 0 atom stereocenters. The maximum absolute atomic E-state index is 15.3. The zero-order valence-corrected chi connectivity index (χ0v) is 22.6. The first-order valence-corrected chi connectivity index (χ1v) is 12.8. The average Bonchev–Trinajstić information content (AvgIpc) is 3.59. The molecule has 1 aliphatic heterocycles. The van der Waals surface area contributed by atoms with Crippen LogP contribution in [0, 0.1) is 17.1 Å². The third kappa shape index (κ3) is 5.59. The van der Waals surface area contributed by atoms with Gasteiger partial charge in [0.2, 0.25) is 0 Å². The summed E-state index contributed by atoms with van der Waals surface area (Å²) in [5.41, 5.74) is 5.34. The molecule has 2 aromatic heterocycles. The third-order valence-electron chi connectivity index (χ3n) is 6.96. The van der Waals surface area contributed by atoms with Crippen molar-refractivity contribution in [2.75, 3.05) is 27.8 Å². The maximum atomic E-state index is 15.3. The molecule has 206 valence electrons. The van der Waals surface area contributed by atoms with Crippen LogP contribution in [0.5, 0.6) is 5.75 Å². The lowest BCUT2D eigenvalue weighted by Crippen LogP contribution is -2.26. The van der Waals surface area contributed by atoms with Gasteiger partial charge in [-0.1, -0.05) is 18.2 Å². The van der Waals surface area contributed by atoms with Gasteiger partial charge in [0.1, 0.15) is 11.8 Å². The van der Waals surface area contributed by atoms with E-state index in [1.807, 2.05) is 6.07 Å². The average molecular weight is 544 g/mol. The van der Waals surface area contributed by atoms with Crippen molar-refractivity contribution < 1.29 is 18.7 Å². The summed E-state index contributed by atoms with van der Waals surface area (Å²) in [4.78, 5) is 15.6. The summed E-state index contributed by atoms with van der Waals surface area (Å²) < 4.78 is 28.9. The molecule has 0 spiro atoms. The standard InChI is InChI=1S/C29H30FN7O3/c1-35-10-8-20-12-19(4-5-21(20)16-35)15-36-17-24(25(34-36)18-39-2)29(38)32-14-23-26(6-7-27(40-3)28(23)30)37-11-9-22(13-31)33-37/h4-7,9,11-12,17H,8,10,14-16,18H2,1-3H3,(H,32,38). The van der Waals surface area contributed by atoms with Crippen LogP contribution in [0.2, 0.25) is 0 Å². The first-order valence-electron chi connectivity index (χ1n) is 12.8. The molecule has 4 aromatic rings. The molecule has 0 unspecified atom stereocenters. The predicted octanol–water partition coefficient (Wildman–Crippen LogP) is 3.20. The Morgan fingerprint density at radius 2 is 2.02 bits per heavy atom. The van der Waals surface area contributed by atoms with Crippen molar-refractivity contribution in [3.05, 3.63) is 93.8 Å². The van der Waals surface area contributed by atoms with Crippen molar-refractivity contribution in [1.82, 2.24) is 29.8 Å². The smallest absolute Gasteiger partial charge is 0.255 e.